The first kappa shape index (κ1) is 15.5. The molecule has 0 spiro atoms. The summed E-state index contributed by atoms with van der Waals surface area (Å²) in [5.41, 5.74) is -0.105. The van der Waals surface area contributed by atoms with Crippen LogP contribution in [0.3, 0.4) is 0 Å². The Labute approximate surface area is 121 Å². The molecule has 0 aromatic heterocycles. The number of rotatable bonds is 2. The van der Waals surface area contributed by atoms with Gasteiger partial charge in [-0.25, -0.2) is 0 Å². The summed E-state index contributed by atoms with van der Waals surface area (Å²) in [7, 11) is 0. The summed E-state index contributed by atoms with van der Waals surface area (Å²) in [6.07, 6.45) is 4.55. The molecule has 2 aliphatic rings. The SMILES string of the molecule is CC1(C)CC(OC(=O)C2CCCCC2=O)CC(C)(C)N1. The van der Waals surface area contributed by atoms with Crippen LogP contribution in [0.5, 0.6) is 0 Å². The number of ketones is 1. The zero-order valence-electron chi connectivity index (χ0n) is 13.1. The number of piperidine rings is 1. The van der Waals surface area contributed by atoms with Crippen molar-refractivity contribution in [3.05, 3.63) is 0 Å². The second kappa shape index (κ2) is 5.47. The lowest BCUT2D eigenvalue weighted by Crippen LogP contribution is -2.60. The smallest absolute Gasteiger partial charge is 0.316 e. The first-order valence-corrected chi connectivity index (χ1v) is 7.71. The first-order valence-electron chi connectivity index (χ1n) is 7.71. The van der Waals surface area contributed by atoms with Crippen molar-refractivity contribution in [2.24, 2.45) is 5.92 Å². The predicted octanol–water partition coefficient (Wildman–Crippen LogP) is 2.60. The maximum Gasteiger partial charge on any atom is 0.316 e. The lowest BCUT2D eigenvalue weighted by Gasteiger charge is -2.46. The van der Waals surface area contributed by atoms with Gasteiger partial charge in [-0.1, -0.05) is 6.42 Å². The van der Waals surface area contributed by atoms with E-state index in [0.29, 0.717) is 12.8 Å². The number of carbonyl (C=O) groups excluding carboxylic acids is 2. The second-order valence-corrected chi connectivity index (χ2v) is 7.62. The average molecular weight is 281 g/mol. The van der Waals surface area contributed by atoms with Crippen molar-refractivity contribution < 1.29 is 14.3 Å². The Bertz CT molecular complexity index is 385. The number of Topliss-reactive ketones (excluding diaryl/α,β-unsaturated/α-hetero) is 1. The Hall–Kier alpha value is -0.900. The maximum atomic E-state index is 12.2. The van der Waals surface area contributed by atoms with Gasteiger partial charge in [-0.2, -0.15) is 0 Å². The van der Waals surface area contributed by atoms with E-state index in [2.05, 4.69) is 33.0 Å². The standard InChI is InChI=1S/C16H27NO3/c1-15(2)9-11(10-16(3,4)17-15)20-14(19)12-7-5-6-8-13(12)18/h11-12,17H,5-10H2,1-4H3. The first-order chi connectivity index (χ1) is 9.19. The van der Waals surface area contributed by atoms with Gasteiger partial charge in [0.2, 0.25) is 0 Å². The fourth-order valence-electron chi connectivity index (χ4n) is 3.79. The van der Waals surface area contributed by atoms with Crippen LogP contribution < -0.4 is 5.32 Å². The van der Waals surface area contributed by atoms with Crippen LogP contribution in [0.4, 0.5) is 0 Å². The average Bonchev–Trinajstić information content (AvgIpc) is 2.24. The monoisotopic (exact) mass is 281 g/mol. The van der Waals surface area contributed by atoms with Crippen LogP contribution in [0.25, 0.3) is 0 Å². The predicted molar refractivity (Wildman–Crippen MR) is 77.4 cm³/mol. The van der Waals surface area contributed by atoms with Crippen LogP contribution in [0, 0.1) is 5.92 Å². The number of esters is 1. The number of carbonyl (C=O) groups is 2. The molecule has 4 heteroatoms. The van der Waals surface area contributed by atoms with E-state index in [1.54, 1.807) is 0 Å². The highest BCUT2D eigenvalue weighted by atomic mass is 16.5. The molecule has 1 aliphatic carbocycles. The van der Waals surface area contributed by atoms with Crippen molar-refractivity contribution in [2.45, 2.75) is 83.4 Å². The van der Waals surface area contributed by atoms with E-state index in [9.17, 15) is 9.59 Å². The van der Waals surface area contributed by atoms with Crippen LogP contribution in [0.2, 0.25) is 0 Å². The summed E-state index contributed by atoms with van der Waals surface area (Å²) in [5, 5.41) is 3.57. The van der Waals surface area contributed by atoms with E-state index in [1.807, 2.05) is 0 Å². The Balaban J connectivity index is 1.98. The van der Waals surface area contributed by atoms with E-state index >= 15 is 0 Å². The highest BCUT2D eigenvalue weighted by Crippen LogP contribution is 2.31. The normalized spacial score (nSPS) is 30.0. The number of nitrogens with one attached hydrogen (secondary N) is 1. The third kappa shape index (κ3) is 3.81. The van der Waals surface area contributed by atoms with E-state index in [1.165, 1.54) is 0 Å². The molecule has 1 aliphatic heterocycles. The molecule has 2 rings (SSSR count). The maximum absolute atomic E-state index is 12.2. The van der Waals surface area contributed by atoms with Crippen LogP contribution in [-0.2, 0) is 14.3 Å². The summed E-state index contributed by atoms with van der Waals surface area (Å²) in [4.78, 5) is 24.1. The van der Waals surface area contributed by atoms with Crippen molar-refractivity contribution in [3.8, 4) is 0 Å². The topological polar surface area (TPSA) is 55.4 Å². The molecule has 0 bridgehead atoms. The molecule has 1 atom stereocenters. The van der Waals surface area contributed by atoms with Crippen LogP contribution in [0.1, 0.15) is 66.2 Å². The van der Waals surface area contributed by atoms with Gasteiger partial charge in [-0.15, -0.1) is 0 Å². The zero-order chi connectivity index (χ0) is 15.0. The highest BCUT2D eigenvalue weighted by molar-refractivity contribution is 5.99. The van der Waals surface area contributed by atoms with Gasteiger partial charge < -0.3 is 10.1 Å². The van der Waals surface area contributed by atoms with Crippen molar-refractivity contribution in [2.75, 3.05) is 0 Å². The molecule has 2 fully saturated rings. The third-order valence-corrected chi connectivity index (χ3v) is 4.27. The molecule has 1 unspecified atom stereocenters. The van der Waals surface area contributed by atoms with Crippen molar-refractivity contribution in [1.29, 1.82) is 0 Å². The van der Waals surface area contributed by atoms with Gasteiger partial charge in [0.1, 0.15) is 17.8 Å². The van der Waals surface area contributed by atoms with Gasteiger partial charge in [0.15, 0.2) is 0 Å². The minimum absolute atomic E-state index is 0.0523. The van der Waals surface area contributed by atoms with E-state index in [-0.39, 0.29) is 28.9 Å². The van der Waals surface area contributed by atoms with Crippen molar-refractivity contribution in [1.82, 2.24) is 5.32 Å². The Morgan fingerprint density at radius 1 is 1.15 bits per heavy atom. The quantitative estimate of drug-likeness (QED) is 0.624. The molecular formula is C16H27NO3. The lowest BCUT2D eigenvalue weighted by molar-refractivity contribution is -0.161. The number of ether oxygens (including phenoxy) is 1. The van der Waals surface area contributed by atoms with Crippen LogP contribution >= 0.6 is 0 Å². The molecule has 0 aromatic carbocycles. The molecule has 0 radical (unpaired) electrons. The number of hydrogen-bond acceptors (Lipinski definition) is 4. The largest absolute Gasteiger partial charge is 0.462 e. The van der Waals surface area contributed by atoms with E-state index in [0.717, 1.165) is 25.7 Å². The van der Waals surface area contributed by atoms with Gasteiger partial charge in [-0.05, 0) is 40.5 Å². The molecule has 4 nitrogen and oxygen atoms in total. The molecule has 1 saturated carbocycles. The second-order valence-electron chi connectivity index (χ2n) is 7.62. The molecule has 0 amide bonds. The molecule has 0 aromatic rings. The van der Waals surface area contributed by atoms with Crippen molar-refractivity contribution in [3.63, 3.8) is 0 Å². The molecule has 1 heterocycles. The summed E-state index contributed by atoms with van der Waals surface area (Å²) in [6, 6.07) is 0. The Morgan fingerprint density at radius 3 is 2.30 bits per heavy atom. The van der Waals surface area contributed by atoms with Crippen LogP contribution in [-0.4, -0.2) is 28.9 Å². The molecule has 114 valence electrons. The minimum Gasteiger partial charge on any atom is -0.462 e. The fourth-order valence-corrected chi connectivity index (χ4v) is 3.79. The number of hydrogen-bond donors (Lipinski definition) is 1. The summed E-state index contributed by atoms with van der Waals surface area (Å²) < 4.78 is 5.67. The Kier molecular flexibility index (Phi) is 4.24. The van der Waals surface area contributed by atoms with Gasteiger partial charge in [0, 0.05) is 30.3 Å². The van der Waals surface area contributed by atoms with Gasteiger partial charge in [-0.3, -0.25) is 9.59 Å². The zero-order valence-corrected chi connectivity index (χ0v) is 13.1. The Morgan fingerprint density at radius 2 is 1.75 bits per heavy atom. The molecular weight excluding hydrogens is 254 g/mol. The van der Waals surface area contributed by atoms with Gasteiger partial charge >= 0.3 is 5.97 Å². The molecule has 1 N–H and O–H groups in total. The third-order valence-electron chi connectivity index (χ3n) is 4.27. The molecule has 1 saturated heterocycles. The summed E-state index contributed by atoms with van der Waals surface area (Å²) in [6.45, 7) is 8.50. The lowest BCUT2D eigenvalue weighted by atomic mass is 9.81. The minimum atomic E-state index is -0.509. The van der Waals surface area contributed by atoms with E-state index < -0.39 is 5.92 Å². The summed E-state index contributed by atoms with van der Waals surface area (Å²) >= 11 is 0. The summed E-state index contributed by atoms with van der Waals surface area (Å²) in [5.74, 6) is -0.744. The van der Waals surface area contributed by atoms with E-state index in [4.69, 9.17) is 4.74 Å². The fraction of sp³-hybridized carbons (Fsp3) is 0.875. The highest BCUT2D eigenvalue weighted by Gasteiger charge is 2.40. The van der Waals surface area contributed by atoms with Crippen LogP contribution in [0.15, 0.2) is 0 Å². The molecule has 20 heavy (non-hydrogen) atoms. The van der Waals surface area contributed by atoms with Gasteiger partial charge in [0.25, 0.3) is 0 Å². The van der Waals surface area contributed by atoms with Crippen molar-refractivity contribution >= 4 is 11.8 Å². The van der Waals surface area contributed by atoms with Gasteiger partial charge in [0.05, 0.1) is 0 Å².